The number of imide groups is 1. The van der Waals surface area contributed by atoms with Gasteiger partial charge in [-0.2, -0.15) is 18.4 Å². The lowest BCUT2D eigenvalue weighted by Gasteiger charge is -2.28. The molecule has 51 heavy (non-hydrogen) atoms. The molecule has 0 saturated carbocycles. The Morgan fingerprint density at radius 3 is 2.08 bits per heavy atom. The summed E-state index contributed by atoms with van der Waals surface area (Å²) in [6, 6.07) is 6.05. The molecule has 2 aromatic heterocycles. The van der Waals surface area contributed by atoms with Gasteiger partial charge in [-0.25, -0.2) is 23.4 Å². The molecule has 1 unspecified atom stereocenters. The average Bonchev–Trinajstić information content (AvgIpc) is 3.26. The molecular formula is C34H46ClN7O8S. The highest BCUT2D eigenvalue weighted by molar-refractivity contribution is 7.86. The van der Waals surface area contributed by atoms with Crippen molar-refractivity contribution >= 4 is 44.9 Å². The number of ether oxygens (including phenoxy) is 3. The number of carbonyl (C=O) groups excluding carboxylic acids is 2. The van der Waals surface area contributed by atoms with Gasteiger partial charge in [0.2, 0.25) is 0 Å². The fourth-order valence-electron chi connectivity index (χ4n) is 4.65. The van der Waals surface area contributed by atoms with Gasteiger partial charge >= 0.3 is 12.2 Å². The van der Waals surface area contributed by atoms with Crippen LogP contribution in [0.1, 0.15) is 75.2 Å². The number of aryl methyl sites for hydroxylation is 2. The number of aliphatic imine (C=N–C) groups is 1. The molecule has 0 aliphatic heterocycles. The molecule has 17 heteroatoms. The zero-order valence-electron chi connectivity index (χ0n) is 30.5. The van der Waals surface area contributed by atoms with Gasteiger partial charge in [-0.1, -0.05) is 35.9 Å². The van der Waals surface area contributed by atoms with E-state index in [0.717, 1.165) is 16.7 Å². The largest absolute Gasteiger partial charge is 0.496 e. The number of benzene rings is 1. The predicted octanol–water partition coefficient (Wildman–Crippen LogP) is 5.70. The van der Waals surface area contributed by atoms with E-state index < -0.39 is 45.6 Å². The molecule has 1 aromatic carbocycles. The zero-order valence-corrected chi connectivity index (χ0v) is 32.1. The van der Waals surface area contributed by atoms with Crippen LogP contribution in [0.25, 0.3) is 0 Å². The molecule has 0 bridgehead atoms. The molecule has 3 aromatic rings. The van der Waals surface area contributed by atoms with Gasteiger partial charge in [-0.3, -0.25) is 4.98 Å². The van der Waals surface area contributed by atoms with Crippen LogP contribution in [0.4, 0.5) is 15.4 Å². The van der Waals surface area contributed by atoms with Gasteiger partial charge in [0.1, 0.15) is 40.0 Å². The van der Waals surface area contributed by atoms with E-state index in [1.54, 1.807) is 67.0 Å². The van der Waals surface area contributed by atoms with Gasteiger partial charge in [0.05, 0.1) is 35.5 Å². The van der Waals surface area contributed by atoms with Gasteiger partial charge in [-0.05, 0) is 74.4 Å². The number of carbonyl (C=O) groups is 2. The van der Waals surface area contributed by atoms with E-state index in [1.807, 2.05) is 20.8 Å². The first-order valence-corrected chi connectivity index (χ1v) is 17.5. The summed E-state index contributed by atoms with van der Waals surface area (Å²) in [4.78, 5) is 35.5. The van der Waals surface area contributed by atoms with Crippen molar-refractivity contribution in [3.63, 3.8) is 0 Å². The van der Waals surface area contributed by atoms with Crippen molar-refractivity contribution in [3.05, 3.63) is 76.5 Å². The van der Waals surface area contributed by atoms with Crippen LogP contribution in [0.3, 0.4) is 0 Å². The van der Waals surface area contributed by atoms with Crippen molar-refractivity contribution < 1.29 is 36.4 Å². The van der Waals surface area contributed by atoms with E-state index in [9.17, 15) is 18.0 Å². The molecule has 1 atom stereocenters. The number of rotatable bonds is 11. The van der Waals surface area contributed by atoms with Crippen LogP contribution in [-0.4, -0.2) is 70.0 Å². The maximum absolute atomic E-state index is 13.2. The summed E-state index contributed by atoms with van der Waals surface area (Å²) in [5.74, 6) is 0.134. The van der Waals surface area contributed by atoms with Gasteiger partial charge in [0, 0.05) is 23.7 Å². The molecule has 3 rings (SSSR count). The number of nitrogens with two attached hydrogens (primary N) is 2. The van der Waals surface area contributed by atoms with Crippen molar-refractivity contribution in [2.45, 2.75) is 97.6 Å². The zero-order chi connectivity index (χ0) is 38.6. The smallest absolute Gasteiger partial charge is 0.425 e. The molecule has 0 saturated heterocycles. The Labute approximate surface area is 303 Å². The molecule has 2 amide bonds. The van der Waals surface area contributed by atoms with Gasteiger partial charge in [-0.15, -0.1) is 0 Å². The van der Waals surface area contributed by atoms with E-state index in [0.29, 0.717) is 16.3 Å². The number of methoxy groups -OCH3 is 1. The third kappa shape index (κ3) is 10.7. The minimum atomic E-state index is -4.28. The van der Waals surface area contributed by atoms with Crippen LogP contribution in [0.15, 0.2) is 52.8 Å². The Bertz CT molecular complexity index is 1900. The highest BCUT2D eigenvalue weighted by Crippen LogP contribution is 2.28. The van der Waals surface area contributed by atoms with Crippen molar-refractivity contribution in [3.8, 4) is 5.75 Å². The second-order valence-electron chi connectivity index (χ2n) is 13.6. The average molecular weight is 748 g/mol. The number of nitrogen functional groups attached to an aromatic ring is 1. The van der Waals surface area contributed by atoms with E-state index in [-0.39, 0.29) is 40.1 Å². The highest BCUT2D eigenvalue weighted by Gasteiger charge is 2.34. The molecule has 278 valence electrons. The molecule has 0 fully saturated rings. The molecule has 0 radical (unpaired) electrons. The lowest BCUT2D eigenvalue weighted by Crippen LogP contribution is -2.42. The lowest BCUT2D eigenvalue weighted by molar-refractivity contribution is 0.00822. The van der Waals surface area contributed by atoms with Gasteiger partial charge < -0.3 is 25.7 Å². The Morgan fingerprint density at radius 1 is 1.02 bits per heavy atom. The SMILES string of the molecule is C=C(N=C(Cl)c1c(CC(N)OS(=O)(=O)c2ccc(C)cc2)nn(Cc2ncc(C)c(OC)c2C)c1N)N(C(=O)OC(C)(C)C)C(=O)OC(C)(C)C. The summed E-state index contributed by atoms with van der Waals surface area (Å²) < 4.78 is 49.1. The van der Waals surface area contributed by atoms with E-state index in [1.165, 1.54) is 16.8 Å². The van der Waals surface area contributed by atoms with Crippen molar-refractivity contribution in [1.29, 1.82) is 0 Å². The standard InChI is InChI=1S/C34H46ClN7O8S/c1-19-12-14-23(15-13-19)51(45,46)50-26(36)16-24-27(30(37)41(40-24)18-25-21(3)28(47-11)20(2)17-38-25)29(35)39-22(4)42(31(43)48-33(5,6)7)32(44)49-34(8,9)10/h12-15,17,26H,4,16,18,36-37H2,1-3,5-11H3. The first kappa shape index (κ1) is 40.9. The number of hydrogen-bond acceptors (Lipinski definition) is 13. The Kier molecular flexibility index (Phi) is 12.7. The second-order valence-corrected chi connectivity index (χ2v) is 15.6. The number of hydrogen-bond donors (Lipinski definition) is 2. The fraction of sp³-hybridized carbons (Fsp3) is 0.441. The minimum absolute atomic E-state index is 0.00894. The Balaban J connectivity index is 2.11. The number of pyridine rings is 1. The van der Waals surface area contributed by atoms with Crippen molar-refractivity contribution in [1.82, 2.24) is 19.7 Å². The van der Waals surface area contributed by atoms with Crippen LogP contribution in [0.5, 0.6) is 5.75 Å². The quantitative estimate of drug-likeness (QED) is 0.138. The number of halogens is 1. The van der Waals surface area contributed by atoms with E-state index >= 15 is 0 Å². The molecule has 0 aliphatic carbocycles. The first-order valence-electron chi connectivity index (χ1n) is 15.7. The lowest BCUT2D eigenvalue weighted by atomic mass is 10.1. The van der Waals surface area contributed by atoms with Crippen LogP contribution < -0.4 is 16.2 Å². The normalized spacial score (nSPS) is 13.1. The van der Waals surface area contributed by atoms with Crippen molar-refractivity contribution in [2.24, 2.45) is 10.7 Å². The van der Waals surface area contributed by atoms with Crippen LogP contribution in [-0.2, 0) is 36.7 Å². The molecular weight excluding hydrogens is 702 g/mol. The predicted molar refractivity (Wildman–Crippen MR) is 193 cm³/mol. The Hall–Kier alpha value is -4.51. The topological polar surface area (TPSA) is 204 Å². The Morgan fingerprint density at radius 2 is 1.57 bits per heavy atom. The third-order valence-electron chi connectivity index (χ3n) is 6.91. The summed E-state index contributed by atoms with van der Waals surface area (Å²) in [5, 5.41) is 4.22. The number of nitrogens with zero attached hydrogens (tertiary/aromatic N) is 5. The fourth-order valence-corrected chi connectivity index (χ4v) is 5.93. The minimum Gasteiger partial charge on any atom is -0.496 e. The highest BCUT2D eigenvalue weighted by atomic mass is 35.5. The summed E-state index contributed by atoms with van der Waals surface area (Å²) in [7, 11) is -2.73. The third-order valence-corrected chi connectivity index (χ3v) is 8.54. The summed E-state index contributed by atoms with van der Waals surface area (Å²) >= 11 is 6.76. The number of anilines is 1. The molecule has 15 nitrogen and oxygen atoms in total. The molecule has 4 N–H and O–H groups in total. The van der Waals surface area contributed by atoms with Crippen LogP contribution in [0.2, 0.25) is 0 Å². The second kappa shape index (κ2) is 15.8. The van der Waals surface area contributed by atoms with Crippen LogP contribution in [0, 0.1) is 20.8 Å². The number of aromatic nitrogens is 3. The van der Waals surface area contributed by atoms with Crippen molar-refractivity contribution in [2.75, 3.05) is 12.8 Å². The van der Waals surface area contributed by atoms with Gasteiger partial charge in [0.15, 0.2) is 0 Å². The molecule has 0 aliphatic rings. The summed E-state index contributed by atoms with van der Waals surface area (Å²) in [5.41, 5.74) is 13.9. The first-order chi connectivity index (χ1) is 23.4. The van der Waals surface area contributed by atoms with Gasteiger partial charge in [0.25, 0.3) is 10.1 Å². The molecule has 0 spiro atoms. The summed E-state index contributed by atoms with van der Waals surface area (Å²) in [6.07, 6.45) is -2.37. The number of amides is 2. The van der Waals surface area contributed by atoms with E-state index in [2.05, 4.69) is 21.7 Å². The van der Waals surface area contributed by atoms with E-state index in [4.69, 9.17) is 41.5 Å². The molecule has 2 heterocycles. The maximum atomic E-state index is 13.2. The van der Waals surface area contributed by atoms with Crippen LogP contribution >= 0.6 is 11.6 Å². The maximum Gasteiger partial charge on any atom is 0.425 e. The summed E-state index contributed by atoms with van der Waals surface area (Å²) in [6.45, 7) is 19.0. The monoisotopic (exact) mass is 747 g/mol.